The van der Waals surface area contributed by atoms with Gasteiger partial charge in [-0.3, -0.25) is 0 Å². The SMILES string of the molecule is Cc1noc(C)c1C(C)Nc1cc(C#N)ccn1. The first-order chi connectivity index (χ1) is 8.61. The molecule has 2 aromatic heterocycles. The van der Waals surface area contributed by atoms with Crippen molar-refractivity contribution in [2.75, 3.05) is 5.32 Å². The highest BCUT2D eigenvalue weighted by molar-refractivity contribution is 5.44. The van der Waals surface area contributed by atoms with Crippen LogP contribution in [-0.2, 0) is 0 Å². The summed E-state index contributed by atoms with van der Waals surface area (Å²) in [7, 11) is 0. The van der Waals surface area contributed by atoms with Crippen molar-refractivity contribution in [3.63, 3.8) is 0 Å². The molecule has 0 aliphatic carbocycles. The zero-order valence-corrected chi connectivity index (χ0v) is 10.6. The number of nitrogens with one attached hydrogen (secondary N) is 1. The molecule has 1 unspecified atom stereocenters. The van der Waals surface area contributed by atoms with Crippen LogP contribution in [0.1, 0.15) is 35.5 Å². The zero-order valence-electron chi connectivity index (χ0n) is 10.6. The molecule has 5 nitrogen and oxygen atoms in total. The highest BCUT2D eigenvalue weighted by Crippen LogP contribution is 2.24. The minimum atomic E-state index is 0.0256. The first-order valence-electron chi connectivity index (χ1n) is 5.67. The maximum absolute atomic E-state index is 8.84. The summed E-state index contributed by atoms with van der Waals surface area (Å²) in [6, 6.07) is 5.50. The normalized spacial score (nSPS) is 11.9. The number of nitriles is 1. The van der Waals surface area contributed by atoms with E-state index in [9.17, 15) is 0 Å². The molecule has 1 N–H and O–H groups in total. The number of hydrogen-bond donors (Lipinski definition) is 1. The third-order valence-electron chi connectivity index (χ3n) is 2.78. The fourth-order valence-corrected chi connectivity index (χ4v) is 1.98. The summed E-state index contributed by atoms with van der Waals surface area (Å²) in [6.45, 7) is 5.79. The molecule has 0 saturated heterocycles. The van der Waals surface area contributed by atoms with Crippen molar-refractivity contribution < 1.29 is 4.52 Å². The number of aryl methyl sites for hydroxylation is 2. The number of rotatable bonds is 3. The van der Waals surface area contributed by atoms with Crippen LogP contribution in [0.25, 0.3) is 0 Å². The molecule has 2 rings (SSSR count). The first kappa shape index (κ1) is 12.1. The van der Waals surface area contributed by atoms with Gasteiger partial charge in [-0.25, -0.2) is 4.98 Å². The highest BCUT2D eigenvalue weighted by atomic mass is 16.5. The van der Waals surface area contributed by atoms with E-state index < -0.39 is 0 Å². The van der Waals surface area contributed by atoms with Crippen LogP contribution in [0.4, 0.5) is 5.82 Å². The largest absolute Gasteiger partial charge is 0.363 e. The van der Waals surface area contributed by atoms with Gasteiger partial charge in [0.05, 0.1) is 23.4 Å². The Hall–Kier alpha value is -2.35. The molecule has 0 aliphatic rings. The third-order valence-corrected chi connectivity index (χ3v) is 2.78. The Morgan fingerprint density at radius 1 is 1.44 bits per heavy atom. The summed E-state index contributed by atoms with van der Waals surface area (Å²) in [5.41, 5.74) is 2.47. The number of pyridine rings is 1. The summed E-state index contributed by atoms with van der Waals surface area (Å²) < 4.78 is 5.14. The van der Waals surface area contributed by atoms with Gasteiger partial charge < -0.3 is 9.84 Å². The predicted octanol–water partition coefficient (Wildman–Crippen LogP) is 2.73. The lowest BCUT2D eigenvalue weighted by Crippen LogP contribution is -2.09. The average Bonchev–Trinajstić information content (AvgIpc) is 2.69. The van der Waals surface area contributed by atoms with E-state index in [1.165, 1.54) is 0 Å². The van der Waals surface area contributed by atoms with Gasteiger partial charge in [0.25, 0.3) is 0 Å². The molecule has 0 radical (unpaired) electrons. The molecular formula is C13H14N4O. The number of hydrogen-bond acceptors (Lipinski definition) is 5. The van der Waals surface area contributed by atoms with E-state index in [4.69, 9.17) is 9.78 Å². The van der Waals surface area contributed by atoms with Gasteiger partial charge in [0, 0.05) is 11.8 Å². The molecule has 92 valence electrons. The summed E-state index contributed by atoms with van der Waals surface area (Å²) in [5.74, 6) is 1.46. The number of anilines is 1. The average molecular weight is 242 g/mol. The summed E-state index contributed by atoms with van der Waals surface area (Å²) in [5, 5.41) is 16.0. The van der Waals surface area contributed by atoms with Crippen LogP contribution < -0.4 is 5.32 Å². The molecule has 1 atom stereocenters. The Kier molecular flexibility index (Phi) is 3.28. The van der Waals surface area contributed by atoms with Crippen LogP contribution in [0.3, 0.4) is 0 Å². The molecule has 0 spiro atoms. The molecule has 0 fully saturated rings. The van der Waals surface area contributed by atoms with Crippen molar-refractivity contribution in [3.8, 4) is 6.07 Å². The number of aromatic nitrogens is 2. The first-order valence-corrected chi connectivity index (χ1v) is 5.67. The maximum Gasteiger partial charge on any atom is 0.139 e. The van der Waals surface area contributed by atoms with Crippen LogP contribution in [0.15, 0.2) is 22.9 Å². The van der Waals surface area contributed by atoms with Gasteiger partial charge in [-0.05, 0) is 32.9 Å². The lowest BCUT2D eigenvalue weighted by molar-refractivity contribution is 0.392. The molecule has 2 aromatic rings. The van der Waals surface area contributed by atoms with Gasteiger partial charge in [0.15, 0.2) is 0 Å². The van der Waals surface area contributed by atoms with Crippen LogP contribution in [0.2, 0.25) is 0 Å². The van der Waals surface area contributed by atoms with Crippen molar-refractivity contribution >= 4 is 5.82 Å². The molecule has 0 aromatic carbocycles. The van der Waals surface area contributed by atoms with Crippen LogP contribution in [0.5, 0.6) is 0 Å². The Bertz CT molecular complexity index is 578. The topological polar surface area (TPSA) is 74.7 Å². The van der Waals surface area contributed by atoms with Crippen LogP contribution in [0, 0.1) is 25.2 Å². The monoisotopic (exact) mass is 242 g/mol. The van der Waals surface area contributed by atoms with Crippen molar-refractivity contribution in [1.82, 2.24) is 10.1 Å². The fraction of sp³-hybridized carbons (Fsp3) is 0.308. The smallest absolute Gasteiger partial charge is 0.139 e. The van der Waals surface area contributed by atoms with Gasteiger partial charge in [0.2, 0.25) is 0 Å². The quantitative estimate of drug-likeness (QED) is 0.895. The van der Waals surface area contributed by atoms with E-state index in [0.717, 1.165) is 17.0 Å². The second-order valence-electron chi connectivity index (χ2n) is 4.15. The van der Waals surface area contributed by atoms with E-state index in [1.807, 2.05) is 20.8 Å². The van der Waals surface area contributed by atoms with Gasteiger partial charge in [-0.2, -0.15) is 5.26 Å². The Balaban J connectivity index is 2.21. The van der Waals surface area contributed by atoms with Gasteiger partial charge in [-0.15, -0.1) is 0 Å². The highest BCUT2D eigenvalue weighted by Gasteiger charge is 2.16. The zero-order chi connectivity index (χ0) is 13.1. The molecule has 0 aliphatic heterocycles. The van der Waals surface area contributed by atoms with Gasteiger partial charge >= 0.3 is 0 Å². The molecular weight excluding hydrogens is 228 g/mol. The van der Waals surface area contributed by atoms with E-state index in [2.05, 4.69) is 21.5 Å². The molecule has 0 amide bonds. The second kappa shape index (κ2) is 4.88. The Morgan fingerprint density at radius 2 is 2.22 bits per heavy atom. The predicted molar refractivity (Wildman–Crippen MR) is 67.0 cm³/mol. The van der Waals surface area contributed by atoms with Gasteiger partial charge in [-0.1, -0.05) is 5.16 Å². The maximum atomic E-state index is 8.84. The van der Waals surface area contributed by atoms with E-state index in [1.54, 1.807) is 18.3 Å². The Morgan fingerprint density at radius 3 is 2.83 bits per heavy atom. The fourth-order valence-electron chi connectivity index (χ4n) is 1.98. The van der Waals surface area contributed by atoms with E-state index in [-0.39, 0.29) is 6.04 Å². The summed E-state index contributed by atoms with van der Waals surface area (Å²) >= 11 is 0. The second-order valence-corrected chi connectivity index (χ2v) is 4.15. The van der Waals surface area contributed by atoms with Crippen molar-refractivity contribution in [1.29, 1.82) is 5.26 Å². The molecule has 0 saturated carbocycles. The summed E-state index contributed by atoms with van der Waals surface area (Å²) in [4.78, 5) is 4.18. The van der Waals surface area contributed by atoms with E-state index in [0.29, 0.717) is 11.4 Å². The lowest BCUT2D eigenvalue weighted by atomic mass is 10.1. The van der Waals surface area contributed by atoms with Crippen LogP contribution in [-0.4, -0.2) is 10.1 Å². The molecule has 18 heavy (non-hydrogen) atoms. The lowest BCUT2D eigenvalue weighted by Gasteiger charge is -2.14. The minimum absolute atomic E-state index is 0.0256. The summed E-state index contributed by atoms with van der Waals surface area (Å²) in [6.07, 6.45) is 1.61. The van der Waals surface area contributed by atoms with Gasteiger partial charge in [0.1, 0.15) is 11.6 Å². The van der Waals surface area contributed by atoms with Crippen molar-refractivity contribution in [2.45, 2.75) is 26.8 Å². The van der Waals surface area contributed by atoms with Crippen LogP contribution >= 0.6 is 0 Å². The molecule has 0 bridgehead atoms. The number of nitrogens with zero attached hydrogens (tertiary/aromatic N) is 3. The van der Waals surface area contributed by atoms with Crippen molar-refractivity contribution in [2.24, 2.45) is 0 Å². The Labute approximate surface area is 105 Å². The third kappa shape index (κ3) is 2.33. The molecule has 2 heterocycles. The standard InChI is InChI=1S/C13H14N4O/c1-8(13-9(2)17-18-10(13)3)16-12-6-11(7-14)4-5-15-12/h4-6,8H,1-3H3,(H,15,16). The van der Waals surface area contributed by atoms with Crippen molar-refractivity contribution in [3.05, 3.63) is 40.9 Å². The minimum Gasteiger partial charge on any atom is -0.363 e. The molecule has 5 heteroatoms. The van der Waals surface area contributed by atoms with E-state index >= 15 is 0 Å².